The summed E-state index contributed by atoms with van der Waals surface area (Å²) in [4.78, 5) is 27.3. The molecule has 0 aliphatic carbocycles. The molecule has 2 rings (SSSR count). The molecule has 0 radical (unpaired) electrons. The average molecular weight is 319 g/mol. The van der Waals surface area contributed by atoms with Crippen LogP contribution < -0.4 is 5.32 Å². The summed E-state index contributed by atoms with van der Waals surface area (Å²) in [5, 5.41) is 12.3. The number of amides is 3. The molecule has 1 aliphatic rings. The topological polar surface area (TPSA) is 72.9 Å². The summed E-state index contributed by atoms with van der Waals surface area (Å²) in [6.07, 6.45) is 1.51. The Bertz CT molecular complexity index is 545. The van der Waals surface area contributed by atoms with Crippen molar-refractivity contribution in [2.45, 2.75) is 32.7 Å². The maximum absolute atomic E-state index is 12.4. The number of phenols is 1. The minimum Gasteiger partial charge on any atom is -0.508 e. The second kappa shape index (κ2) is 7.85. The van der Waals surface area contributed by atoms with E-state index in [1.165, 1.54) is 0 Å². The number of nitrogens with one attached hydrogen (secondary N) is 1. The van der Waals surface area contributed by atoms with Gasteiger partial charge in [0.25, 0.3) is 0 Å². The highest BCUT2D eigenvalue weighted by atomic mass is 16.3. The Labute approximate surface area is 137 Å². The van der Waals surface area contributed by atoms with Crippen molar-refractivity contribution in [1.29, 1.82) is 0 Å². The number of benzene rings is 1. The molecule has 6 heteroatoms. The van der Waals surface area contributed by atoms with Gasteiger partial charge in [0, 0.05) is 39.1 Å². The van der Waals surface area contributed by atoms with Crippen LogP contribution in [0.3, 0.4) is 0 Å². The number of carbonyl (C=O) groups excluding carboxylic acids is 2. The summed E-state index contributed by atoms with van der Waals surface area (Å²) in [5.74, 6) is 0.304. The van der Waals surface area contributed by atoms with E-state index in [4.69, 9.17) is 0 Å². The van der Waals surface area contributed by atoms with Gasteiger partial charge in [-0.25, -0.2) is 4.79 Å². The van der Waals surface area contributed by atoms with Crippen LogP contribution in [0.1, 0.15) is 25.8 Å². The first-order valence-corrected chi connectivity index (χ1v) is 8.04. The third-order valence-corrected chi connectivity index (χ3v) is 4.08. The van der Waals surface area contributed by atoms with E-state index in [9.17, 15) is 14.7 Å². The van der Waals surface area contributed by atoms with Gasteiger partial charge in [0.1, 0.15) is 5.75 Å². The smallest absolute Gasteiger partial charge is 0.317 e. The van der Waals surface area contributed by atoms with Crippen molar-refractivity contribution in [2.24, 2.45) is 0 Å². The molecule has 23 heavy (non-hydrogen) atoms. The number of hydrogen-bond acceptors (Lipinski definition) is 3. The van der Waals surface area contributed by atoms with Gasteiger partial charge in [-0.3, -0.25) is 4.79 Å². The normalized spacial score (nSPS) is 16.6. The lowest BCUT2D eigenvalue weighted by atomic mass is 10.1. The van der Waals surface area contributed by atoms with E-state index < -0.39 is 0 Å². The van der Waals surface area contributed by atoms with Crippen LogP contribution in [0.2, 0.25) is 0 Å². The zero-order valence-corrected chi connectivity index (χ0v) is 13.8. The van der Waals surface area contributed by atoms with Gasteiger partial charge in [0.2, 0.25) is 5.91 Å². The molecule has 1 aromatic rings. The van der Waals surface area contributed by atoms with Crippen LogP contribution in [0.15, 0.2) is 24.3 Å². The standard InChI is InChI=1S/C17H25N3O3/c1-13(12-15-4-6-16(22)7-5-15)18-17(23)20-9-3-8-19(10-11-20)14(2)21/h4-7,13,22H,3,8-12H2,1-2H3,(H,18,23). The Balaban J connectivity index is 1.83. The molecule has 1 aliphatic heterocycles. The molecule has 1 saturated heterocycles. The molecular weight excluding hydrogens is 294 g/mol. The molecule has 3 amide bonds. The molecular formula is C17H25N3O3. The molecule has 1 atom stereocenters. The van der Waals surface area contributed by atoms with E-state index in [1.807, 2.05) is 19.1 Å². The highest BCUT2D eigenvalue weighted by molar-refractivity contribution is 5.75. The van der Waals surface area contributed by atoms with Crippen LogP contribution in [-0.4, -0.2) is 59.1 Å². The maximum Gasteiger partial charge on any atom is 0.317 e. The summed E-state index contributed by atoms with van der Waals surface area (Å²) in [6.45, 7) is 6.07. The zero-order chi connectivity index (χ0) is 16.8. The van der Waals surface area contributed by atoms with E-state index in [-0.39, 0.29) is 23.7 Å². The molecule has 1 unspecified atom stereocenters. The van der Waals surface area contributed by atoms with Gasteiger partial charge in [0.05, 0.1) is 0 Å². The fourth-order valence-corrected chi connectivity index (χ4v) is 2.77. The second-order valence-electron chi connectivity index (χ2n) is 6.07. The molecule has 126 valence electrons. The fraction of sp³-hybridized carbons (Fsp3) is 0.529. The van der Waals surface area contributed by atoms with E-state index in [2.05, 4.69) is 5.32 Å². The Kier molecular flexibility index (Phi) is 5.84. The van der Waals surface area contributed by atoms with E-state index >= 15 is 0 Å². The maximum atomic E-state index is 12.4. The van der Waals surface area contributed by atoms with Crippen LogP contribution in [0, 0.1) is 0 Å². The van der Waals surface area contributed by atoms with Crippen molar-refractivity contribution < 1.29 is 14.7 Å². The Morgan fingerprint density at radius 2 is 1.74 bits per heavy atom. The Hall–Kier alpha value is -2.24. The minimum atomic E-state index is -0.0818. The van der Waals surface area contributed by atoms with Gasteiger partial charge in [-0.05, 0) is 37.5 Å². The van der Waals surface area contributed by atoms with Crippen molar-refractivity contribution in [2.75, 3.05) is 26.2 Å². The molecule has 1 aromatic carbocycles. The lowest BCUT2D eigenvalue weighted by Gasteiger charge is -2.24. The van der Waals surface area contributed by atoms with Crippen LogP contribution >= 0.6 is 0 Å². The monoisotopic (exact) mass is 319 g/mol. The second-order valence-corrected chi connectivity index (χ2v) is 6.07. The Morgan fingerprint density at radius 1 is 1.13 bits per heavy atom. The van der Waals surface area contributed by atoms with Crippen molar-refractivity contribution >= 4 is 11.9 Å². The molecule has 0 aromatic heterocycles. The summed E-state index contributed by atoms with van der Waals surface area (Å²) in [6, 6.07) is 6.92. The van der Waals surface area contributed by atoms with Crippen molar-refractivity contribution in [3.8, 4) is 5.75 Å². The van der Waals surface area contributed by atoms with E-state index in [1.54, 1.807) is 28.9 Å². The van der Waals surface area contributed by atoms with Crippen LogP contribution in [0.4, 0.5) is 4.79 Å². The van der Waals surface area contributed by atoms with E-state index in [0.717, 1.165) is 12.0 Å². The van der Waals surface area contributed by atoms with Gasteiger partial charge in [-0.2, -0.15) is 0 Å². The van der Waals surface area contributed by atoms with Crippen LogP contribution in [0.5, 0.6) is 5.75 Å². The average Bonchev–Trinajstić information content (AvgIpc) is 2.75. The quantitative estimate of drug-likeness (QED) is 0.888. The van der Waals surface area contributed by atoms with Gasteiger partial charge in [-0.15, -0.1) is 0 Å². The van der Waals surface area contributed by atoms with Crippen molar-refractivity contribution in [3.63, 3.8) is 0 Å². The largest absolute Gasteiger partial charge is 0.508 e. The molecule has 2 N–H and O–H groups in total. The minimum absolute atomic E-state index is 0.000735. The number of urea groups is 1. The first-order valence-electron chi connectivity index (χ1n) is 8.04. The predicted octanol–water partition coefficient (Wildman–Crippen LogP) is 1.59. The fourth-order valence-electron chi connectivity index (χ4n) is 2.77. The third-order valence-electron chi connectivity index (χ3n) is 4.08. The highest BCUT2D eigenvalue weighted by Crippen LogP contribution is 2.11. The summed E-state index contributed by atoms with van der Waals surface area (Å²) in [7, 11) is 0. The van der Waals surface area contributed by atoms with Gasteiger partial charge >= 0.3 is 6.03 Å². The molecule has 1 heterocycles. The number of rotatable bonds is 3. The predicted molar refractivity (Wildman–Crippen MR) is 88.2 cm³/mol. The summed E-state index contributed by atoms with van der Waals surface area (Å²) < 4.78 is 0. The lowest BCUT2D eigenvalue weighted by molar-refractivity contribution is -0.128. The Morgan fingerprint density at radius 3 is 2.39 bits per heavy atom. The zero-order valence-electron chi connectivity index (χ0n) is 13.8. The SMILES string of the molecule is CC(=O)N1CCCN(C(=O)NC(C)Cc2ccc(O)cc2)CC1. The number of carbonyl (C=O) groups is 2. The van der Waals surface area contributed by atoms with Gasteiger partial charge in [0.15, 0.2) is 0 Å². The number of nitrogens with zero attached hydrogens (tertiary/aromatic N) is 2. The first kappa shape index (κ1) is 17.1. The van der Waals surface area contributed by atoms with Crippen molar-refractivity contribution in [3.05, 3.63) is 29.8 Å². The van der Waals surface area contributed by atoms with Crippen LogP contribution in [0.25, 0.3) is 0 Å². The lowest BCUT2D eigenvalue weighted by Crippen LogP contribution is -2.46. The van der Waals surface area contributed by atoms with E-state index in [0.29, 0.717) is 32.6 Å². The number of phenolic OH excluding ortho intramolecular Hbond substituents is 1. The molecule has 1 fully saturated rings. The summed E-state index contributed by atoms with van der Waals surface area (Å²) in [5.41, 5.74) is 1.06. The number of aromatic hydroxyl groups is 1. The highest BCUT2D eigenvalue weighted by Gasteiger charge is 2.21. The molecule has 0 bridgehead atoms. The summed E-state index contributed by atoms with van der Waals surface area (Å²) >= 11 is 0. The van der Waals surface area contributed by atoms with Crippen LogP contribution in [-0.2, 0) is 11.2 Å². The molecule has 0 spiro atoms. The number of hydrogen-bond donors (Lipinski definition) is 2. The van der Waals surface area contributed by atoms with Gasteiger partial charge in [-0.1, -0.05) is 12.1 Å². The van der Waals surface area contributed by atoms with Gasteiger partial charge < -0.3 is 20.2 Å². The first-order chi connectivity index (χ1) is 11.0. The third kappa shape index (κ3) is 5.16. The van der Waals surface area contributed by atoms with Crippen molar-refractivity contribution in [1.82, 2.24) is 15.1 Å². The molecule has 6 nitrogen and oxygen atoms in total. The molecule has 0 saturated carbocycles.